The highest BCUT2D eigenvalue weighted by Gasteiger charge is 2.20. The molecule has 1 aromatic heterocycles. The minimum atomic E-state index is -0.807. The zero-order chi connectivity index (χ0) is 20.2. The summed E-state index contributed by atoms with van der Waals surface area (Å²) in [5.74, 6) is -0.958. The molecule has 4 rings (SSSR count). The van der Waals surface area contributed by atoms with Crippen molar-refractivity contribution in [2.24, 2.45) is 0 Å². The number of aromatic nitrogens is 2. The Morgan fingerprint density at radius 1 is 1.03 bits per heavy atom. The third-order valence-corrected chi connectivity index (χ3v) is 5.79. The van der Waals surface area contributed by atoms with E-state index >= 15 is 0 Å². The molecule has 29 heavy (non-hydrogen) atoms. The van der Waals surface area contributed by atoms with Crippen LogP contribution in [0.2, 0.25) is 0 Å². The summed E-state index contributed by atoms with van der Waals surface area (Å²) in [6, 6.07) is 13.5. The lowest BCUT2D eigenvalue weighted by molar-refractivity contribution is 0.261. The molecule has 0 unspecified atom stereocenters. The Labute approximate surface area is 172 Å². The number of benzene rings is 2. The topological polar surface area (TPSA) is 56.1 Å². The van der Waals surface area contributed by atoms with Crippen LogP contribution in [0.15, 0.2) is 42.5 Å². The maximum Gasteiger partial charge on any atom is 0.205 e. The first-order valence-corrected chi connectivity index (χ1v) is 10.2. The molecule has 3 aromatic rings. The van der Waals surface area contributed by atoms with Gasteiger partial charge in [-0.3, -0.25) is 4.90 Å². The summed E-state index contributed by atoms with van der Waals surface area (Å²) >= 11 is 1.36. The van der Waals surface area contributed by atoms with Crippen LogP contribution in [0.25, 0.3) is 11.4 Å². The van der Waals surface area contributed by atoms with Crippen molar-refractivity contribution in [1.82, 2.24) is 14.3 Å². The second-order valence-corrected chi connectivity index (χ2v) is 7.65. The molecule has 1 aliphatic rings. The van der Waals surface area contributed by atoms with E-state index in [0.717, 1.165) is 49.0 Å². The molecule has 1 aliphatic heterocycles. The average Bonchev–Trinajstić information content (AvgIpc) is 3.25. The van der Waals surface area contributed by atoms with Crippen LogP contribution in [0, 0.1) is 23.0 Å². The maximum absolute atomic E-state index is 13.3. The zero-order valence-electron chi connectivity index (χ0n) is 15.7. The lowest BCUT2D eigenvalue weighted by Crippen LogP contribution is -2.47. The molecular weight excluding hydrogens is 392 g/mol. The van der Waals surface area contributed by atoms with Gasteiger partial charge in [-0.1, -0.05) is 18.2 Å². The minimum absolute atomic E-state index is 0.591. The number of piperazine rings is 1. The van der Waals surface area contributed by atoms with Crippen LogP contribution in [-0.4, -0.2) is 47.0 Å². The summed E-state index contributed by atoms with van der Waals surface area (Å²) < 4.78 is 30.8. The average molecular weight is 411 g/mol. The van der Waals surface area contributed by atoms with Crippen molar-refractivity contribution >= 4 is 16.7 Å². The van der Waals surface area contributed by atoms with Gasteiger partial charge in [-0.25, -0.2) is 8.78 Å². The smallest absolute Gasteiger partial charge is 0.205 e. The number of hydrogen-bond acceptors (Lipinski definition) is 6. The van der Waals surface area contributed by atoms with E-state index in [1.165, 1.54) is 23.7 Å². The molecule has 0 amide bonds. The van der Waals surface area contributed by atoms with Gasteiger partial charge in [0.05, 0.1) is 11.6 Å². The summed E-state index contributed by atoms with van der Waals surface area (Å²) in [6.07, 6.45) is 0.690. The monoisotopic (exact) mass is 411 g/mol. The number of anilines is 1. The third kappa shape index (κ3) is 4.58. The first-order valence-electron chi connectivity index (χ1n) is 9.38. The quantitative estimate of drug-likeness (QED) is 0.641. The van der Waals surface area contributed by atoms with Crippen molar-refractivity contribution < 1.29 is 8.78 Å². The van der Waals surface area contributed by atoms with Crippen LogP contribution in [0.1, 0.15) is 11.1 Å². The van der Waals surface area contributed by atoms with Crippen molar-refractivity contribution in [3.63, 3.8) is 0 Å². The second-order valence-electron chi connectivity index (χ2n) is 6.92. The van der Waals surface area contributed by atoms with Gasteiger partial charge in [-0.05, 0) is 36.2 Å². The molecular formula is C21H19F2N5S. The van der Waals surface area contributed by atoms with Gasteiger partial charge < -0.3 is 4.90 Å². The van der Waals surface area contributed by atoms with Crippen LogP contribution in [0.4, 0.5) is 13.9 Å². The van der Waals surface area contributed by atoms with Gasteiger partial charge in [-0.2, -0.15) is 14.6 Å². The third-order valence-electron chi connectivity index (χ3n) is 5.01. The van der Waals surface area contributed by atoms with Crippen LogP contribution < -0.4 is 4.90 Å². The van der Waals surface area contributed by atoms with Gasteiger partial charge in [-0.15, -0.1) is 0 Å². The first-order chi connectivity index (χ1) is 14.1. The van der Waals surface area contributed by atoms with E-state index in [9.17, 15) is 8.78 Å². The summed E-state index contributed by atoms with van der Waals surface area (Å²) in [7, 11) is 0. The number of halogens is 2. The Morgan fingerprint density at radius 2 is 1.86 bits per heavy atom. The molecule has 0 radical (unpaired) electrons. The molecule has 1 saturated heterocycles. The van der Waals surface area contributed by atoms with Gasteiger partial charge in [0.1, 0.15) is 0 Å². The molecule has 0 atom stereocenters. The van der Waals surface area contributed by atoms with Crippen LogP contribution in [-0.2, 0) is 6.42 Å². The van der Waals surface area contributed by atoms with E-state index in [1.54, 1.807) is 18.2 Å². The lowest BCUT2D eigenvalue weighted by Gasteiger charge is -2.34. The molecule has 0 aliphatic carbocycles. The van der Waals surface area contributed by atoms with Gasteiger partial charge in [0.2, 0.25) is 5.13 Å². The molecule has 0 spiro atoms. The minimum Gasteiger partial charge on any atom is -0.344 e. The van der Waals surface area contributed by atoms with Gasteiger partial charge in [0, 0.05) is 49.8 Å². The number of nitrogens with zero attached hydrogens (tertiary/aromatic N) is 5. The fourth-order valence-corrected chi connectivity index (χ4v) is 4.07. The molecule has 0 bridgehead atoms. The van der Waals surface area contributed by atoms with Gasteiger partial charge >= 0.3 is 0 Å². The maximum atomic E-state index is 13.3. The summed E-state index contributed by atoms with van der Waals surface area (Å²) in [5, 5.41) is 9.93. The second kappa shape index (κ2) is 8.64. The van der Waals surface area contributed by atoms with Gasteiger partial charge in [0.25, 0.3) is 0 Å². The van der Waals surface area contributed by atoms with Crippen molar-refractivity contribution in [2.45, 2.75) is 6.42 Å². The fraction of sp³-hybridized carbons (Fsp3) is 0.286. The lowest BCUT2D eigenvalue weighted by atomic mass is 10.1. The van der Waals surface area contributed by atoms with Crippen LogP contribution in [0.3, 0.4) is 0 Å². The Morgan fingerprint density at radius 3 is 2.62 bits per heavy atom. The SMILES string of the molecule is N#Cc1cccc(-c2nsc(N3CCN(CCc4ccc(F)c(F)c4)CC3)n2)c1. The highest BCUT2D eigenvalue weighted by molar-refractivity contribution is 7.09. The number of hydrogen-bond donors (Lipinski definition) is 0. The van der Waals surface area contributed by atoms with E-state index in [4.69, 9.17) is 5.26 Å². The van der Waals surface area contributed by atoms with E-state index in [2.05, 4.69) is 25.2 Å². The predicted octanol–water partition coefficient (Wildman–Crippen LogP) is 3.72. The normalized spacial score (nSPS) is 14.7. The Kier molecular flexibility index (Phi) is 5.79. The van der Waals surface area contributed by atoms with E-state index in [0.29, 0.717) is 17.8 Å². The Balaban J connectivity index is 1.32. The summed E-state index contributed by atoms with van der Waals surface area (Å²) in [4.78, 5) is 9.17. The molecule has 8 heteroatoms. The van der Waals surface area contributed by atoms with Gasteiger partial charge in [0.15, 0.2) is 17.5 Å². The predicted molar refractivity (Wildman–Crippen MR) is 109 cm³/mol. The molecule has 1 fully saturated rings. The molecule has 0 N–H and O–H groups in total. The molecule has 5 nitrogen and oxygen atoms in total. The van der Waals surface area contributed by atoms with Crippen molar-refractivity contribution in [2.75, 3.05) is 37.6 Å². The number of rotatable bonds is 5. The van der Waals surface area contributed by atoms with Crippen molar-refractivity contribution in [1.29, 1.82) is 5.26 Å². The largest absolute Gasteiger partial charge is 0.344 e. The standard InChI is InChI=1S/C21H19F2N5S/c22-18-5-4-15(13-19(18)23)6-7-27-8-10-28(11-9-27)21-25-20(26-29-21)17-3-1-2-16(12-17)14-24/h1-5,12-13H,6-11H2. The molecule has 148 valence electrons. The van der Waals surface area contributed by atoms with E-state index in [1.807, 2.05) is 12.1 Å². The van der Waals surface area contributed by atoms with Crippen LogP contribution in [0.5, 0.6) is 0 Å². The summed E-state index contributed by atoms with van der Waals surface area (Å²) in [6.45, 7) is 4.24. The van der Waals surface area contributed by atoms with Crippen LogP contribution >= 0.6 is 11.5 Å². The van der Waals surface area contributed by atoms with E-state index < -0.39 is 11.6 Å². The molecule has 0 saturated carbocycles. The Bertz CT molecular complexity index is 1040. The van der Waals surface area contributed by atoms with Crippen molar-refractivity contribution in [3.8, 4) is 17.5 Å². The highest BCUT2D eigenvalue weighted by Crippen LogP contribution is 2.25. The molecule has 2 aromatic carbocycles. The highest BCUT2D eigenvalue weighted by atomic mass is 32.1. The Hall–Kier alpha value is -2.89. The summed E-state index contributed by atoms with van der Waals surface area (Å²) in [5.41, 5.74) is 2.24. The first kappa shape index (κ1) is 19.4. The molecule has 2 heterocycles. The number of nitriles is 1. The fourth-order valence-electron chi connectivity index (χ4n) is 3.33. The van der Waals surface area contributed by atoms with E-state index in [-0.39, 0.29) is 0 Å². The van der Waals surface area contributed by atoms with Crippen molar-refractivity contribution in [3.05, 3.63) is 65.2 Å². The zero-order valence-corrected chi connectivity index (χ0v) is 16.5.